The number of carboxylic acid groups (broad SMARTS) is 1. The molecule has 0 unspecified atom stereocenters. The van der Waals surface area contributed by atoms with Crippen LogP contribution in [0.2, 0.25) is 5.02 Å². The van der Waals surface area contributed by atoms with Crippen LogP contribution in [0.4, 0.5) is 4.79 Å². The largest absolute Gasteiger partial charge is 0.465 e. The molecule has 1 heterocycles. The molecule has 206 valence electrons. The number of benzene rings is 3. The maximum absolute atomic E-state index is 13.1. The van der Waals surface area contributed by atoms with Crippen molar-refractivity contribution in [2.45, 2.75) is 22.3 Å². The van der Waals surface area contributed by atoms with E-state index in [1.807, 2.05) is 0 Å². The minimum Gasteiger partial charge on any atom is -0.465 e. The number of aliphatic hydroxyl groups excluding tert-OH is 1. The van der Waals surface area contributed by atoms with Gasteiger partial charge in [-0.2, -0.15) is 0 Å². The van der Waals surface area contributed by atoms with Crippen LogP contribution in [0.15, 0.2) is 101 Å². The van der Waals surface area contributed by atoms with Crippen LogP contribution in [0.3, 0.4) is 0 Å². The Hall–Kier alpha value is -4.25. The smallest absolute Gasteiger partial charge is 0.407 e. The van der Waals surface area contributed by atoms with Gasteiger partial charge >= 0.3 is 6.09 Å². The third-order valence-corrected chi connectivity index (χ3v) is 8.10. The molecule has 0 saturated heterocycles. The number of aromatic nitrogens is 1. The Kier molecular flexibility index (Phi) is 9.15. The number of nitrogens with zero attached hydrogens (tertiary/aromatic N) is 2. The fourth-order valence-electron chi connectivity index (χ4n) is 3.91. The normalized spacial score (nSPS) is 11.9. The molecule has 40 heavy (non-hydrogen) atoms. The average Bonchev–Trinajstić information content (AvgIpc) is 2.96. The van der Waals surface area contributed by atoms with Crippen LogP contribution in [-0.2, 0) is 16.3 Å². The van der Waals surface area contributed by atoms with Gasteiger partial charge in [0.1, 0.15) is 5.75 Å². The van der Waals surface area contributed by atoms with E-state index < -0.39 is 22.0 Å². The minimum atomic E-state index is -3.83. The highest BCUT2D eigenvalue weighted by Gasteiger charge is 2.20. The zero-order chi connectivity index (χ0) is 28.7. The first-order valence-electron chi connectivity index (χ1n) is 12.1. The van der Waals surface area contributed by atoms with Crippen molar-refractivity contribution >= 4 is 33.8 Å². The van der Waals surface area contributed by atoms with Crippen LogP contribution in [0.5, 0.6) is 11.6 Å². The summed E-state index contributed by atoms with van der Waals surface area (Å²) in [6, 6.07) is 21.7. The Morgan fingerprint density at radius 2 is 1.68 bits per heavy atom. The Labute approximate surface area is 236 Å². The molecule has 1 aromatic heterocycles. The van der Waals surface area contributed by atoms with Gasteiger partial charge < -0.3 is 19.8 Å². The average molecular weight is 581 g/mol. The summed E-state index contributed by atoms with van der Waals surface area (Å²) in [4.78, 5) is 28.1. The number of pyridine rings is 1. The highest BCUT2D eigenvalue weighted by Crippen LogP contribution is 2.27. The Balaban J connectivity index is 1.39. The van der Waals surface area contributed by atoms with E-state index in [0.29, 0.717) is 29.0 Å². The number of hydrogen-bond acceptors (Lipinski definition) is 7. The third-order valence-electron chi connectivity index (χ3n) is 6.08. The first-order chi connectivity index (χ1) is 19.2. The summed E-state index contributed by atoms with van der Waals surface area (Å²) < 4.78 is 31.9. The van der Waals surface area contributed by atoms with Crippen LogP contribution in [0.1, 0.15) is 27.6 Å². The van der Waals surface area contributed by atoms with E-state index in [9.17, 15) is 28.2 Å². The standard InChI is InChI=1S/C29H25ClN2O7S/c30-23-5-1-3-21(17-23)27(34)18-32(29(35)36)16-14-20-6-10-25(11-7-20)40(37,38)26-12-8-24(9-13-26)39-28-22(19-33)4-2-15-31-28/h1-13,15,17,19,27,34H,14,16,18H2,(H,35,36)/t27-/m0/s1. The zero-order valence-corrected chi connectivity index (χ0v) is 22.6. The number of sulfone groups is 1. The molecular weight excluding hydrogens is 556 g/mol. The molecule has 1 amide bonds. The van der Waals surface area contributed by atoms with Crippen molar-refractivity contribution in [3.05, 3.63) is 113 Å². The Morgan fingerprint density at radius 1 is 1.00 bits per heavy atom. The van der Waals surface area contributed by atoms with E-state index >= 15 is 0 Å². The number of carbonyl (C=O) groups excluding carboxylic acids is 1. The van der Waals surface area contributed by atoms with Crippen molar-refractivity contribution < 1.29 is 33.0 Å². The minimum absolute atomic E-state index is 0.0521. The highest BCUT2D eigenvalue weighted by atomic mass is 35.5. The quantitative estimate of drug-likeness (QED) is 0.224. The lowest BCUT2D eigenvalue weighted by Gasteiger charge is -2.23. The number of halogens is 1. The molecule has 11 heteroatoms. The first kappa shape index (κ1) is 28.8. The predicted octanol–water partition coefficient (Wildman–Crippen LogP) is 5.43. The van der Waals surface area contributed by atoms with E-state index in [1.165, 1.54) is 42.6 Å². The molecule has 0 fully saturated rings. The van der Waals surface area contributed by atoms with Crippen LogP contribution in [-0.4, -0.2) is 54.0 Å². The molecule has 0 saturated carbocycles. The van der Waals surface area contributed by atoms with Gasteiger partial charge in [-0.15, -0.1) is 0 Å². The van der Waals surface area contributed by atoms with Crippen molar-refractivity contribution in [3.63, 3.8) is 0 Å². The van der Waals surface area contributed by atoms with Gasteiger partial charge in [-0.3, -0.25) is 4.79 Å². The predicted molar refractivity (Wildman–Crippen MR) is 148 cm³/mol. The van der Waals surface area contributed by atoms with Crippen LogP contribution >= 0.6 is 11.6 Å². The van der Waals surface area contributed by atoms with Crippen molar-refractivity contribution in [1.82, 2.24) is 9.88 Å². The molecule has 9 nitrogen and oxygen atoms in total. The number of hydrogen-bond donors (Lipinski definition) is 2. The second kappa shape index (κ2) is 12.7. The molecule has 0 bridgehead atoms. The monoisotopic (exact) mass is 580 g/mol. The van der Waals surface area contributed by atoms with Crippen molar-refractivity contribution in [1.29, 1.82) is 0 Å². The zero-order valence-electron chi connectivity index (χ0n) is 21.1. The van der Waals surface area contributed by atoms with E-state index in [0.717, 1.165) is 10.5 Å². The van der Waals surface area contributed by atoms with Gasteiger partial charge in [0, 0.05) is 17.8 Å². The summed E-state index contributed by atoms with van der Waals surface area (Å²) in [6.45, 7) is -0.0404. The molecule has 4 aromatic rings. The number of ether oxygens (including phenoxy) is 1. The van der Waals surface area contributed by atoms with Crippen molar-refractivity contribution in [2.24, 2.45) is 0 Å². The first-order valence-corrected chi connectivity index (χ1v) is 14.0. The summed E-state index contributed by atoms with van der Waals surface area (Å²) in [5.41, 5.74) is 1.51. The summed E-state index contributed by atoms with van der Waals surface area (Å²) in [6.07, 6.45) is 0.188. The van der Waals surface area contributed by atoms with Gasteiger partial charge in [0.15, 0.2) is 6.29 Å². The van der Waals surface area contributed by atoms with E-state index in [1.54, 1.807) is 48.5 Å². The lowest BCUT2D eigenvalue weighted by Crippen LogP contribution is -2.35. The maximum atomic E-state index is 13.1. The molecule has 3 aromatic carbocycles. The van der Waals surface area contributed by atoms with Crippen LogP contribution in [0, 0.1) is 0 Å². The van der Waals surface area contributed by atoms with E-state index in [-0.39, 0.29) is 34.3 Å². The molecule has 0 spiro atoms. The molecular formula is C29H25ClN2O7S. The molecule has 1 atom stereocenters. The maximum Gasteiger partial charge on any atom is 0.407 e. The molecule has 0 aliphatic rings. The van der Waals surface area contributed by atoms with E-state index in [2.05, 4.69) is 4.98 Å². The van der Waals surface area contributed by atoms with E-state index in [4.69, 9.17) is 16.3 Å². The van der Waals surface area contributed by atoms with Crippen LogP contribution in [0.25, 0.3) is 0 Å². The summed E-state index contributed by atoms with van der Waals surface area (Å²) >= 11 is 5.96. The van der Waals surface area contributed by atoms with Gasteiger partial charge in [-0.25, -0.2) is 18.2 Å². The highest BCUT2D eigenvalue weighted by molar-refractivity contribution is 7.91. The van der Waals surface area contributed by atoms with Crippen LogP contribution < -0.4 is 4.74 Å². The fraction of sp³-hybridized carbons (Fsp3) is 0.138. The fourth-order valence-corrected chi connectivity index (χ4v) is 5.36. The van der Waals surface area contributed by atoms with Gasteiger partial charge in [-0.05, 0) is 78.2 Å². The summed E-state index contributed by atoms with van der Waals surface area (Å²) in [5, 5.41) is 20.5. The molecule has 0 aliphatic heterocycles. The Morgan fingerprint density at radius 3 is 2.30 bits per heavy atom. The number of carbonyl (C=O) groups is 2. The number of amides is 1. The van der Waals surface area contributed by atoms with Crippen molar-refractivity contribution in [3.8, 4) is 11.6 Å². The Bertz CT molecular complexity index is 1590. The number of aldehydes is 1. The topological polar surface area (TPSA) is 134 Å². The van der Waals surface area contributed by atoms with Gasteiger partial charge in [0.05, 0.1) is 28.0 Å². The van der Waals surface area contributed by atoms with Gasteiger partial charge in [-0.1, -0.05) is 35.9 Å². The second-order valence-electron chi connectivity index (χ2n) is 8.79. The van der Waals surface area contributed by atoms with Crippen molar-refractivity contribution in [2.75, 3.05) is 13.1 Å². The molecule has 0 aliphatic carbocycles. The molecule has 2 N–H and O–H groups in total. The van der Waals surface area contributed by atoms with Gasteiger partial charge in [0.25, 0.3) is 0 Å². The lowest BCUT2D eigenvalue weighted by molar-refractivity contribution is 0.0973. The molecule has 0 radical (unpaired) electrons. The SMILES string of the molecule is O=Cc1cccnc1Oc1ccc(S(=O)(=O)c2ccc(CCN(C[C@H](O)c3cccc(Cl)c3)C(=O)O)cc2)cc1. The summed E-state index contributed by atoms with van der Waals surface area (Å²) in [5.74, 6) is 0.434. The number of aliphatic hydroxyl groups is 1. The summed E-state index contributed by atoms with van der Waals surface area (Å²) in [7, 11) is -3.83. The third kappa shape index (κ3) is 7.03. The molecule has 4 rings (SSSR count). The second-order valence-corrected chi connectivity index (χ2v) is 11.2. The van der Waals surface area contributed by atoms with Gasteiger partial charge in [0.2, 0.25) is 15.7 Å². The number of rotatable bonds is 11. The lowest BCUT2D eigenvalue weighted by atomic mass is 10.1.